The molecule has 0 aliphatic heterocycles. The lowest BCUT2D eigenvalue weighted by molar-refractivity contribution is -0.137. The van der Waals surface area contributed by atoms with Crippen LogP contribution in [0.2, 0.25) is 0 Å². The Balaban J connectivity index is 1.99. The van der Waals surface area contributed by atoms with Gasteiger partial charge >= 0.3 is 12.1 Å². The molecule has 0 radical (unpaired) electrons. The molecule has 0 unspecified atom stereocenters. The van der Waals surface area contributed by atoms with Crippen molar-refractivity contribution >= 4 is 11.9 Å². The molecule has 6 nitrogen and oxygen atoms in total. The molecule has 0 saturated heterocycles. The number of methoxy groups -OCH3 is 2. The largest absolute Gasteiger partial charge is 0.497 e. The van der Waals surface area contributed by atoms with E-state index in [4.69, 9.17) is 14.2 Å². The van der Waals surface area contributed by atoms with E-state index in [0.29, 0.717) is 23.1 Å². The average molecular weight is 411 g/mol. The van der Waals surface area contributed by atoms with Gasteiger partial charge in [-0.15, -0.1) is 0 Å². The standard InChI is InChI=1S/C20H20F3NO5/c1-12(16-10-15(27-2)7-8-17(16)28-3)24-18(25)11-29-19(26)13-5-4-6-14(9-13)20(21,22)23/h4-10,12H,11H2,1-3H3,(H,24,25)/t12-/m0/s1. The van der Waals surface area contributed by atoms with Crippen LogP contribution in [0.4, 0.5) is 13.2 Å². The van der Waals surface area contributed by atoms with Crippen molar-refractivity contribution in [2.45, 2.75) is 19.1 Å². The van der Waals surface area contributed by atoms with Crippen molar-refractivity contribution in [3.63, 3.8) is 0 Å². The quantitative estimate of drug-likeness (QED) is 0.703. The Bertz CT molecular complexity index is 883. The van der Waals surface area contributed by atoms with E-state index in [1.165, 1.54) is 20.3 Å². The molecule has 0 heterocycles. The fraction of sp³-hybridized carbons (Fsp3) is 0.300. The summed E-state index contributed by atoms with van der Waals surface area (Å²) in [7, 11) is 2.98. The highest BCUT2D eigenvalue weighted by Crippen LogP contribution is 2.30. The number of amides is 1. The molecule has 0 aromatic heterocycles. The topological polar surface area (TPSA) is 73.9 Å². The summed E-state index contributed by atoms with van der Waals surface area (Å²) in [5.41, 5.74) is -0.630. The lowest BCUT2D eigenvalue weighted by Crippen LogP contribution is -2.31. The van der Waals surface area contributed by atoms with Gasteiger partial charge in [0.25, 0.3) is 5.91 Å². The first-order valence-electron chi connectivity index (χ1n) is 8.51. The molecule has 0 spiro atoms. The number of nitrogens with one attached hydrogen (secondary N) is 1. The summed E-state index contributed by atoms with van der Waals surface area (Å²) in [5, 5.41) is 2.63. The second-order valence-electron chi connectivity index (χ2n) is 6.05. The highest BCUT2D eigenvalue weighted by molar-refractivity contribution is 5.91. The van der Waals surface area contributed by atoms with Crippen molar-refractivity contribution in [2.75, 3.05) is 20.8 Å². The van der Waals surface area contributed by atoms with Gasteiger partial charge in [-0.1, -0.05) is 6.07 Å². The SMILES string of the molecule is COc1ccc(OC)c([C@H](C)NC(=O)COC(=O)c2cccc(C(F)(F)F)c2)c1. The molecule has 0 bridgehead atoms. The predicted octanol–water partition coefficient (Wildman–Crippen LogP) is 3.76. The molecule has 1 N–H and O–H groups in total. The van der Waals surface area contributed by atoms with Gasteiger partial charge in [0.05, 0.1) is 31.4 Å². The Morgan fingerprint density at radius 2 is 1.79 bits per heavy atom. The molecule has 2 aromatic carbocycles. The molecule has 1 amide bonds. The van der Waals surface area contributed by atoms with Gasteiger partial charge in [-0.3, -0.25) is 4.79 Å². The lowest BCUT2D eigenvalue weighted by atomic mass is 10.1. The summed E-state index contributed by atoms with van der Waals surface area (Å²) in [6, 6.07) is 8.36. The molecule has 2 rings (SSSR count). The van der Waals surface area contributed by atoms with Crippen LogP contribution in [0.5, 0.6) is 11.5 Å². The van der Waals surface area contributed by atoms with Crippen LogP contribution in [-0.2, 0) is 15.7 Å². The number of halogens is 3. The maximum atomic E-state index is 12.7. The first-order chi connectivity index (χ1) is 13.7. The first-order valence-corrected chi connectivity index (χ1v) is 8.51. The minimum absolute atomic E-state index is 0.296. The van der Waals surface area contributed by atoms with Crippen molar-refractivity contribution in [1.29, 1.82) is 0 Å². The molecular formula is C20H20F3NO5. The van der Waals surface area contributed by atoms with Crippen molar-refractivity contribution < 1.29 is 37.0 Å². The van der Waals surface area contributed by atoms with Gasteiger partial charge in [-0.2, -0.15) is 13.2 Å². The summed E-state index contributed by atoms with van der Waals surface area (Å²) >= 11 is 0. The first kappa shape index (κ1) is 22.1. The Morgan fingerprint density at radius 1 is 1.07 bits per heavy atom. The normalized spacial score (nSPS) is 12.1. The van der Waals surface area contributed by atoms with Gasteiger partial charge in [0.1, 0.15) is 11.5 Å². The molecule has 156 valence electrons. The van der Waals surface area contributed by atoms with Gasteiger partial charge in [0, 0.05) is 5.56 Å². The number of hydrogen-bond acceptors (Lipinski definition) is 5. The van der Waals surface area contributed by atoms with E-state index in [0.717, 1.165) is 12.1 Å². The second-order valence-corrected chi connectivity index (χ2v) is 6.05. The zero-order valence-corrected chi connectivity index (χ0v) is 16.0. The van der Waals surface area contributed by atoms with Crippen molar-refractivity contribution in [3.8, 4) is 11.5 Å². The van der Waals surface area contributed by atoms with E-state index in [1.54, 1.807) is 25.1 Å². The predicted molar refractivity (Wildman–Crippen MR) is 97.8 cm³/mol. The smallest absolute Gasteiger partial charge is 0.416 e. The second kappa shape index (κ2) is 9.31. The Morgan fingerprint density at radius 3 is 2.41 bits per heavy atom. The van der Waals surface area contributed by atoms with E-state index in [1.807, 2.05) is 0 Å². The fourth-order valence-electron chi connectivity index (χ4n) is 2.58. The molecule has 9 heteroatoms. The number of alkyl halides is 3. The van der Waals surface area contributed by atoms with Crippen LogP contribution in [0.25, 0.3) is 0 Å². The van der Waals surface area contributed by atoms with Gasteiger partial charge < -0.3 is 19.5 Å². The molecule has 29 heavy (non-hydrogen) atoms. The van der Waals surface area contributed by atoms with E-state index in [-0.39, 0.29) is 5.56 Å². The monoisotopic (exact) mass is 411 g/mol. The Labute approximate surface area is 165 Å². The number of hydrogen-bond donors (Lipinski definition) is 1. The zero-order chi connectivity index (χ0) is 21.6. The highest BCUT2D eigenvalue weighted by Gasteiger charge is 2.31. The third-order valence-electron chi connectivity index (χ3n) is 4.04. The highest BCUT2D eigenvalue weighted by atomic mass is 19.4. The minimum Gasteiger partial charge on any atom is -0.497 e. The van der Waals surface area contributed by atoms with Crippen LogP contribution in [0, 0.1) is 0 Å². The Kier molecular flexibility index (Phi) is 7.08. The van der Waals surface area contributed by atoms with Gasteiger partial charge in [-0.25, -0.2) is 4.79 Å². The number of rotatable bonds is 7. The van der Waals surface area contributed by atoms with Crippen molar-refractivity contribution in [3.05, 3.63) is 59.2 Å². The summed E-state index contributed by atoms with van der Waals surface area (Å²) in [6.45, 7) is 1.05. The summed E-state index contributed by atoms with van der Waals surface area (Å²) in [5.74, 6) is -0.557. The number of ether oxygens (including phenoxy) is 3. The molecule has 0 aliphatic carbocycles. The third-order valence-corrected chi connectivity index (χ3v) is 4.04. The van der Waals surface area contributed by atoms with Gasteiger partial charge in [-0.05, 0) is 43.3 Å². The number of esters is 1. The van der Waals surface area contributed by atoms with E-state index in [2.05, 4.69) is 5.32 Å². The van der Waals surface area contributed by atoms with E-state index in [9.17, 15) is 22.8 Å². The van der Waals surface area contributed by atoms with Crippen molar-refractivity contribution in [1.82, 2.24) is 5.32 Å². The van der Waals surface area contributed by atoms with Gasteiger partial charge in [0.15, 0.2) is 6.61 Å². The van der Waals surface area contributed by atoms with Crippen LogP contribution < -0.4 is 14.8 Å². The number of carbonyl (C=O) groups excluding carboxylic acids is 2. The third kappa shape index (κ3) is 5.87. The lowest BCUT2D eigenvalue weighted by Gasteiger charge is -2.18. The molecule has 0 saturated carbocycles. The number of benzene rings is 2. The summed E-state index contributed by atoms with van der Waals surface area (Å²) < 4.78 is 53.4. The van der Waals surface area contributed by atoms with Crippen LogP contribution in [-0.4, -0.2) is 32.7 Å². The molecule has 0 aliphatic rings. The zero-order valence-electron chi connectivity index (χ0n) is 16.0. The van der Waals surface area contributed by atoms with Crippen LogP contribution in [0.1, 0.15) is 34.5 Å². The molecular weight excluding hydrogens is 391 g/mol. The molecule has 2 aromatic rings. The summed E-state index contributed by atoms with van der Waals surface area (Å²) in [6.07, 6.45) is -4.58. The minimum atomic E-state index is -4.58. The fourth-order valence-corrected chi connectivity index (χ4v) is 2.58. The van der Waals surface area contributed by atoms with Crippen LogP contribution >= 0.6 is 0 Å². The van der Waals surface area contributed by atoms with Crippen LogP contribution in [0.15, 0.2) is 42.5 Å². The maximum absolute atomic E-state index is 12.7. The molecule has 0 fully saturated rings. The van der Waals surface area contributed by atoms with Crippen LogP contribution in [0.3, 0.4) is 0 Å². The summed E-state index contributed by atoms with van der Waals surface area (Å²) in [4.78, 5) is 24.1. The van der Waals surface area contributed by atoms with E-state index >= 15 is 0 Å². The number of carbonyl (C=O) groups is 2. The Hall–Kier alpha value is -3.23. The molecule has 1 atom stereocenters. The average Bonchev–Trinajstić information content (AvgIpc) is 2.70. The van der Waals surface area contributed by atoms with Crippen molar-refractivity contribution in [2.24, 2.45) is 0 Å². The maximum Gasteiger partial charge on any atom is 0.416 e. The van der Waals surface area contributed by atoms with Gasteiger partial charge in [0.2, 0.25) is 0 Å². The van der Waals surface area contributed by atoms with E-state index < -0.39 is 36.3 Å².